The number of benzene rings is 2. The van der Waals surface area contributed by atoms with Crippen molar-refractivity contribution in [2.45, 2.75) is 6.10 Å². The molecule has 0 spiro atoms. The summed E-state index contributed by atoms with van der Waals surface area (Å²) >= 11 is 1.49. The molecule has 9 nitrogen and oxygen atoms in total. The second kappa shape index (κ2) is 9.33. The fraction of sp³-hybridized carbons (Fsp3) is 0.115. The number of carbonyl (C=O) groups excluding carboxylic acids is 1. The van der Waals surface area contributed by atoms with Crippen molar-refractivity contribution in [1.82, 2.24) is 14.4 Å². The number of nitrogens with two attached hydrogens (primary N) is 1. The van der Waals surface area contributed by atoms with Crippen molar-refractivity contribution in [3.05, 3.63) is 84.0 Å². The SMILES string of the molecule is Nc1ccccc1NC(=O)c1ccc(Nc2nc(-c3cnc4c(OC5COC5)cccn34)cs2)cc1. The average Bonchev–Trinajstić information content (AvgIpc) is 3.50. The Balaban J connectivity index is 1.15. The molecule has 10 heteroatoms. The van der Waals surface area contributed by atoms with E-state index in [0.29, 0.717) is 30.2 Å². The van der Waals surface area contributed by atoms with Gasteiger partial charge in [0.25, 0.3) is 5.91 Å². The van der Waals surface area contributed by atoms with Crippen molar-refractivity contribution in [3.63, 3.8) is 0 Å². The van der Waals surface area contributed by atoms with Crippen LogP contribution < -0.4 is 21.1 Å². The summed E-state index contributed by atoms with van der Waals surface area (Å²) < 4.78 is 13.2. The van der Waals surface area contributed by atoms with Crippen LogP contribution >= 0.6 is 11.3 Å². The highest BCUT2D eigenvalue weighted by molar-refractivity contribution is 7.14. The minimum Gasteiger partial charge on any atom is -0.482 e. The molecule has 2 aromatic carbocycles. The zero-order chi connectivity index (χ0) is 24.5. The second-order valence-corrected chi connectivity index (χ2v) is 9.13. The molecular weight excluding hydrogens is 476 g/mol. The van der Waals surface area contributed by atoms with Crippen LogP contribution in [0, 0.1) is 0 Å². The van der Waals surface area contributed by atoms with Gasteiger partial charge in [0.05, 0.1) is 36.5 Å². The lowest BCUT2D eigenvalue weighted by atomic mass is 10.2. The summed E-state index contributed by atoms with van der Waals surface area (Å²) in [7, 11) is 0. The standard InChI is InChI=1S/C26H22N6O3S/c27-19-4-1-2-5-20(19)30-25(33)16-7-9-17(10-8-16)29-26-31-21(15-36-26)22-12-28-24-23(6-3-11-32(22)24)35-18-13-34-14-18/h1-12,15,18H,13-14,27H2,(H,29,31)(H,30,33). The van der Waals surface area contributed by atoms with Crippen LogP contribution in [0.2, 0.25) is 0 Å². The van der Waals surface area contributed by atoms with Crippen LogP contribution in [-0.2, 0) is 4.74 Å². The minimum absolute atomic E-state index is 0.0698. The summed E-state index contributed by atoms with van der Waals surface area (Å²) in [5, 5.41) is 8.84. The Labute approximate surface area is 210 Å². The Morgan fingerprint density at radius 1 is 1.11 bits per heavy atom. The van der Waals surface area contributed by atoms with E-state index in [-0.39, 0.29) is 12.0 Å². The number of carbonyl (C=O) groups is 1. The first-order chi connectivity index (χ1) is 17.6. The Kier molecular flexibility index (Phi) is 5.72. The zero-order valence-electron chi connectivity index (χ0n) is 19.0. The fourth-order valence-electron chi connectivity index (χ4n) is 3.81. The van der Waals surface area contributed by atoms with Gasteiger partial charge >= 0.3 is 0 Å². The average molecular weight is 499 g/mol. The number of imidazole rings is 1. The lowest BCUT2D eigenvalue weighted by molar-refractivity contribution is -0.0792. The number of amides is 1. The first-order valence-corrected chi connectivity index (χ1v) is 12.2. The van der Waals surface area contributed by atoms with Gasteiger partial charge < -0.3 is 25.8 Å². The number of rotatable bonds is 7. The summed E-state index contributed by atoms with van der Waals surface area (Å²) in [5.74, 6) is 0.501. The van der Waals surface area contributed by atoms with E-state index < -0.39 is 0 Å². The Bertz CT molecular complexity index is 1540. The monoisotopic (exact) mass is 498 g/mol. The molecule has 6 rings (SSSR count). The van der Waals surface area contributed by atoms with E-state index in [1.165, 1.54) is 11.3 Å². The fourth-order valence-corrected chi connectivity index (χ4v) is 4.54. The smallest absolute Gasteiger partial charge is 0.255 e. The molecular formula is C26H22N6O3S. The van der Waals surface area contributed by atoms with Gasteiger partial charge in [0.1, 0.15) is 11.8 Å². The molecule has 5 aromatic rings. The summed E-state index contributed by atoms with van der Waals surface area (Å²) in [4.78, 5) is 21.8. The number of hydrogen-bond donors (Lipinski definition) is 3. The van der Waals surface area contributed by atoms with E-state index in [4.69, 9.17) is 20.2 Å². The third kappa shape index (κ3) is 4.35. The van der Waals surface area contributed by atoms with Crippen LogP contribution in [0.25, 0.3) is 17.0 Å². The molecule has 1 amide bonds. The molecule has 0 aliphatic carbocycles. The Morgan fingerprint density at radius 2 is 1.94 bits per heavy atom. The maximum absolute atomic E-state index is 12.6. The van der Waals surface area contributed by atoms with Crippen molar-refractivity contribution >= 4 is 45.1 Å². The number of anilines is 4. The molecule has 1 saturated heterocycles. The third-order valence-electron chi connectivity index (χ3n) is 5.78. The highest BCUT2D eigenvalue weighted by Crippen LogP contribution is 2.30. The van der Waals surface area contributed by atoms with Crippen molar-refractivity contribution in [1.29, 1.82) is 0 Å². The molecule has 3 aromatic heterocycles. The van der Waals surface area contributed by atoms with Gasteiger partial charge in [-0.2, -0.15) is 0 Å². The lowest BCUT2D eigenvalue weighted by Gasteiger charge is -2.26. The van der Waals surface area contributed by atoms with Crippen LogP contribution in [0.1, 0.15) is 10.4 Å². The van der Waals surface area contributed by atoms with Crippen LogP contribution in [0.15, 0.2) is 78.4 Å². The van der Waals surface area contributed by atoms with Crippen LogP contribution in [0.5, 0.6) is 5.75 Å². The maximum Gasteiger partial charge on any atom is 0.255 e. The second-order valence-electron chi connectivity index (χ2n) is 8.27. The summed E-state index contributed by atoms with van der Waals surface area (Å²) in [6, 6.07) is 18.2. The van der Waals surface area contributed by atoms with Gasteiger partial charge in [-0.25, -0.2) is 9.97 Å². The van der Waals surface area contributed by atoms with Gasteiger partial charge in [0, 0.05) is 22.8 Å². The van der Waals surface area contributed by atoms with E-state index in [9.17, 15) is 4.79 Å². The summed E-state index contributed by atoms with van der Waals surface area (Å²) in [5.41, 5.74) is 10.8. The number of pyridine rings is 1. The predicted molar refractivity (Wildman–Crippen MR) is 140 cm³/mol. The number of aromatic nitrogens is 3. The number of para-hydroxylation sites is 2. The van der Waals surface area contributed by atoms with Crippen molar-refractivity contribution in [2.24, 2.45) is 0 Å². The molecule has 4 heterocycles. The highest BCUT2D eigenvalue weighted by atomic mass is 32.1. The highest BCUT2D eigenvalue weighted by Gasteiger charge is 2.22. The molecule has 0 bridgehead atoms. The molecule has 0 unspecified atom stereocenters. The topological polar surface area (TPSA) is 116 Å². The summed E-state index contributed by atoms with van der Waals surface area (Å²) in [6.07, 6.45) is 3.81. The zero-order valence-corrected chi connectivity index (χ0v) is 19.9. The van der Waals surface area contributed by atoms with Gasteiger partial charge in [-0.1, -0.05) is 12.1 Å². The molecule has 0 radical (unpaired) electrons. The van der Waals surface area contributed by atoms with Gasteiger partial charge in [-0.3, -0.25) is 9.20 Å². The number of nitrogens with zero attached hydrogens (tertiary/aromatic N) is 3. The Morgan fingerprint density at radius 3 is 2.72 bits per heavy atom. The quantitative estimate of drug-likeness (QED) is 0.276. The number of ether oxygens (including phenoxy) is 2. The molecule has 0 saturated carbocycles. The molecule has 4 N–H and O–H groups in total. The number of nitrogen functional groups attached to an aromatic ring is 1. The van der Waals surface area contributed by atoms with E-state index in [0.717, 1.165) is 33.6 Å². The largest absolute Gasteiger partial charge is 0.482 e. The number of nitrogens with one attached hydrogen (secondary N) is 2. The van der Waals surface area contributed by atoms with Crippen molar-refractivity contribution < 1.29 is 14.3 Å². The molecule has 0 atom stereocenters. The van der Waals surface area contributed by atoms with E-state index in [1.807, 2.05) is 52.4 Å². The van der Waals surface area contributed by atoms with Gasteiger partial charge in [-0.15, -0.1) is 11.3 Å². The third-order valence-corrected chi connectivity index (χ3v) is 6.53. The first-order valence-electron chi connectivity index (χ1n) is 11.3. The molecule has 36 heavy (non-hydrogen) atoms. The molecule has 180 valence electrons. The van der Waals surface area contributed by atoms with Gasteiger partial charge in [0.2, 0.25) is 0 Å². The maximum atomic E-state index is 12.6. The van der Waals surface area contributed by atoms with Crippen molar-refractivity contribution in [3.8, 4) is 17.1 Å². The first kappa shape index (κ1) is 22.1. The van der Waals surface area contributed by atoms with E-state index >= 15 is 0 Å². The Hall–Kier alpha value is -4.41. The van der Waals surface area contributed by atoms with Crippen LogP contribution in [0.4, 0.5) is 22.2 Å². The lowest BCUT2D eigenvalue weighted by Crippen LogP contribution is -2.38. The van der Waals surface area contributed by atoms with Crippen LogP contribution in [-0.4, -0.2) is 39.6 Å². The molecule has 1 fully saturated rings. The number of hydrogen-bond acceptors (Lipinski definition) is 8. The minimum atomic E-state index is -0.225. The van der Waals surface area contributed by atoms with Crippen molar-refractivity contribution in [2.75, 3.05) is 29.6 Å². The van der Waals surface area contributed by atoms with E-state index in [1.54, 1.807) is 30.5 Å². The van der Waals surface area contributed by atoms with Gasteiger partial charge in [0.15, 0.2) is 16.5 Å². The number of thiazole rings is 1. The number of fused-ring (bicyclic) bond motifs is 1. The van der Waals surface area contributed by atoms with E-state index in [2.05, 4.69) is 15.6 Å². The van der Waals surface area contributed by atoms with Crippen LogP contribution in [0.3, 0.4) is 0 Å². The predicted octanol–water partition coefficient (Wildman–Crippen LogP) is 4.81. The normalized spacial score (nSPS) is 13.3. The summed E-state index contributed by atoms with van der Waals surface area (Å²) in [6.45, 7) is 1.20. The molecule has 1 aliphatic rings. The molecule has 1 aliphatic heterocycles. The van der Waals surface area contributed by atoms with Gasteiger partial charge in [-0.05, 0) is 48.5 Å².